The Morgan fingerprint density at radius 1 is 1.38 bits per heavy atom. The molecule has 0 fully saturated rings. The van der Waals surface area contributed by atoms with E-state index in [9.17, 15) is 14.4 Å². The van der Waals surface area contributed by atoms with Gasteiger partial charge in [0.2, 0.25) is 5.91 Å². The molecule has 0 radical (unpaired) electrons. The fourth-order valence-corrected chi connectivity index (χ4v) is 1.75. The van der Waals surface area contributed by atoms with E-state index < -0.39 is 5.91 Å². The molecule has 5 nitrogen and oxygen atoms in total. The molecule has 1 aromatic carbocycles. The van der Waals surface area contributed by atoms with Crippen LogP contribution in [0.5, 0.6) is 0 Å². The average molecular weight is 218 g/mol. The number of carbonyl (C=O) groups is 3. The number of nitrogens with one attached hydrogen (secondary N) is 2. The topological polar surface area (TPSA) is 75.3 Å². The quantitative estimate of drug-likeness (QED) is 0.644. The number of carbonyl (C=O) groups excluding carboxylic acids is 3. The molecule has 2 rings (SSSR count). The maximum atomic E-state index is 11.6. The van der Waals surface area contributed by atoms with Crippen LogP contribution in [0, 0.1) is 0 Å². The number of imide groups is 1. The summed E-state index contributed by atoms with van der Waals surface area (Å²) in [6.45, 7) is 0. The van der Waals surface area contributed by atoms with Crippen LogP contribution in [0.25, 0.3) is 0 Å². The first-order valence-electron chi connectivity index (χ1n) is 4.81. The molecule has 82 valence electrons. The number of hydrogen-bond acceptors (Lipinski definition) is 3. The van der Waals surface area contributed by atoms with Gasteiger partial charge in [-0.15, -0.1) is 0 Å². The van der Waals surface area contributed by atoms with Gasteiger partial charge in [-0.05, 0) is 11.6 Å². The summed E-state index contributed by atoms with van der Waals surface area (Å²) in [6.07, 6.45) is 0.131. The van der Waals surface area contributed by atoms with Gasteiger partial charge in [0.05, 0.1) is 17.5 Å². The first-order chi connectivity index (χ1) is 7.63. The molecule has 1 aliphatic rings. The summed E-state index contributed by atoms with van der Waals surface area (Å²) in [5.41, 5.74) is 1.18. The molecule has 0 aliphatic carbocycles. The minimum absolute atomic E-state index is 0.131. The van der Waals surface area contributed by atoms with Crippen molar-refractivity contribution in [3.8, 4) is 0 Å². The highest BCUT2D eigenvalue weighted by atomic mass is 16.2. The third-order valence-electron chi connectivity index (χ3n) is 2.45. The largest absolute Gasteiger partial charge is 0.355 e. The predicted molar refractivity (Wildman–Crippen MR) is 56.0 cm³/mol. The van der Waals surface area contributed by atoms with Crippen molar-refractivity contribution in [3.63, 3.8) is 0 Å². The minimum Gasteiger partial charge on any atom is -0.355 e. The Balaban J connectivity index is 2.59. The van der Waals surface area contributed by atoms with Gasteiger partial charge in [0.25, 0.3) is 11.8 Å². The molecule has 1 aliphatic heterocycles. The average Bonchev–Trinajstić information content (AvgIpc) is 2.26. The molecule has 0 bridgehead atoms. The van der Waals surface area contributed by atoms with E-state index >= 15 is 0 Å². The molecule has 0 saturated heterocycles. The number of amides is 3. The van der Waals surface area contributed by atoms with Gasteiger partial charge in [0, 0.05) is 7.05 Å². The first kappa shape index (κ1) is 10.4. The van der Waals surface area contributed by atoms with E-state index in [1.165, 1.54) is 7.05 Å². The van der Waals surface area contributed by atoms with Crippen LogP contribution < -0.4 is 10.6 Å². The van der Waals surface area contributed by atoms with E-state index in [1.54, 1.807) is 18.2 Å². The zero-order chi connectivity index (χ0) is 11.7. The normalized spacial score (nSPS) is 14.1. The number of rotatable bonds is 1. The zero-order valence-electron chi connectivity index (χ0n) is 8.66. The van der Waals surface area contributed by atoms with Crippen LogP contribution in [0.1, 0.15) is 26.3 Å². The predicted octanol–water partition coefficient (Wildman–Crippen LogP) is -0.141. The van der Waals surface area contributed by atoms with E-state index in [4.69, 9.17) is 0 Å². The number of fused-ring (bicyclic) bond motifs is 1. The van der Waals surface area contributed by atoms with Crippen molar-refractivity contribution in [1.29, 1.82) is 0 Å². The lowest BCUT2D eigenvalue weighted by molar-refractivity contribution is -0.119. The summed E-state index contributed by atoms with van der Waals surface area (Å²) in [5, 5.41) is 4.66. The molecule has 0 unspecified atom stereocenters. The van der Waals surface area contributed by atoms with E-state index in [1.807, 2.05) is 0 Å². The highest BCUT2D eigenvalue weighted by Crippen LogP contribution is 2.18. The summed E-state index contributed by atoms with van der Waals surface area (Å²) in [4.78, 5) is 34.3. The van der Waals surface area contributed by atoms with Crippen LogP contribution >= 0.6 is 0 Å². The second kappa shape index (κ2) is 3.77. The molecule has 5 heteroatoms. The lowest BCUT2D eigenvalue weighted by atomic mass is 9.94. The molecular formula is C11H10N2O3. The lowest BCUT2D eigenvalue weighted by Crippen LogP contribution is -2.39. The van der Waals surface area contributed by atoms with Crippen molar-refractivity contribution in [3.05, 3.63) is 34.9 Å². The molecule has 3 amide bonds. The second-order valence-corrected chi connectivity index (χ2v) is 3.47. The summed E-state index contributed by atoms with van der Waals surface area (Å²) >= 11 is 0. The van der Waals surface area contributed by atoms with Crippen LogP contribution in [0.2, 0.25) is 0 Å². The molecule has 0 saturated carbocycles. The van der Waals surface area contributed by atoms with Crippen LogP contribution in [-0.2, 0) is 11.2 Å². The van der Waals surface area contributed by atoms with Gasteiger partial charge in [-0.3, -0.25) is 19.7 Å². The van der Waals surface area contributed by atoms with Crippen LogP contribution in [0.15, 0.2) is 18.2 Å². The second-order valence-electron chi connectivity index (χ2n) is 3.47. The Morgan fingerprint density at radius 2 is 2.12 bits per heavy atom. The van der Waals surface area contributed by atoms with Gasteiger partial charge < -0.3 is 5.32 Å². The monoisotopic (exact) mass is 218 g/mol. The Kier molecular flexibility index (Phi) is 2.44. The SMILES string of the molecule is CNC(=O)c1cccc2c1C(=O)NC(=O)C2. The molecular weight excluding hydrogens is 208 g/mol. The first-order valence-corrected chi connectivity index (χ1v) is 4.81. The maximum absolute atomic E-state index is 11.6. The summed E-state index contributed by atoms with van der Waals surface area (Å²) in [5.74, 6) is -1.18. The van der Waals surface area contributed by atoms with E-state index in [-0.39, 0.29) is 18.2 Å². The summed E-state index contributed by atoms with van der Waals surface area (Å²) in [7, 11) is 1.49. The minimum atomic E-state index is -0.509. The van der Waals surface area contributed by atoms with Gasteiger partial charge in [-0.25, -0.2) is 0 Å². The van der Waals surface area contributed by atoms with E-state index in [2.05, 4.69) is 10.6 Å². The Morgan fingerprint density at radius 3 is 2.81 bits per heavy atom. The van der Waals surface area contributed by atoms with Crippen molar-refractivity contribution in [1.82, 2.24) is 10.6 Å². The standard InChI is InChI=1S/C11H10N2O3/c1-12-10(15)7-4-2-3-6-5-8(14)13-11(16)9(6)7/h2-4H,5H2,1H3,(H,12,15)(H,13,14,16). The van der Waals surface area contributed by atoms with Gasteiger partial charge in [-0.1, -0.05) is 12.1 Å². The molecule has 16 heavy (non-hydrogen) atoms. The van der Waals surface area contributed by atoms with Crippen LogP contribution in [0.4, 0.5) is 0 Å². The Hall–Kier alpha value is -2.17. The fraction of sp³-hybridized carbons (Fsp3) is 0.182. The third kappa shape index (κ3) is 1.56. The Bertz CT molecular complexity index is 494. The summed E-state index contributed by atoms with van der Waals surface area (Å²) in [6, 6.07) is 4.90. The molecule has 1 aromatic rings. The van der Waals surface area contributed by atoms with Crippen molar-refractivity contribution in [2.75, 3.05) is 7.05 Å². The van der Waals surface area contributed by atoms with Gasteiger partial charge in [0.15, 0.2) is 0 Å². The van der Waals surface area contributed by atoms with Crippen molar-refractivity contribution >= 4 is 17.7 Å². The number of benzene rings is 1. The molecule has 0 aromatic heterocycles. The smallest absolute Gasteiger partial charge is 0.258 e. The molecule has 1 heterocycles. The van der Waals surface area contributed by atoms with Gasteiger partial charge >= 0.3 is 0 Å². The third-order valence-corrected chi connectivity index (χ3v) is 2.45. The van der Waals surface area contributed by atoms with Crippen molar-refractivity contribution < 1.29 is 14.4 Å². The highest BCUT2D eigenvalue weighted by molar-refractivity contribution is 6.15. The van der Waals surface area contributed by atoms with E-state index in [0.29, 0.717) is 16.7 Å². The fourth-order valence-electron chi connectivity index (χ4n) is 1.75. The Labute approximate surface area is 91.8 Å². The lowest BCUT2D eigenvalue weighted by Gasteiger charge is -2.17. The van der Waals surface area contributed by atoms with Crippen LogP contribution in [0.3, 0.4) is 0 Å². The number of hydrogen-bond donors (Lipinski definition) is 2. The maximum Gasteiger partial charge on any atom is 0.258 e. The highest BCUT2D eigenvalue weighted by Gasteiger charge is 2.26. The van der Waals surface area contributed by atoms with Crippen molar-refractivity contribution in [2.24, 2.45) is 0 Å². The van der Waals surface area contributed by atoms with E-state index in [0.717, 1.165) is 0 Å². The van der Waals surface area contributed by atoms with Gasteiger partial charge in [-0.2, -0.15) is 0 Å². The van der Waals surface area contributed by atoms with Gasteiger partial charge in [0.1, 0.15) is 0 Å². The molecule has 0 spiro atoms. The van der Waals surface area contributed by atoms with Crippen molar-refractivity contribution in [2.45, 2.75) is 6.42 Å². The zero-order valence-corrected chi connectivity index (χ0v) is 8.66. The molecule has 2 N–H and O–H groups in total. The molecule has 0 atom stereocenters. The van der Waals surface area contributed by atoms with Crippen LogP contribution in [-0.4, -0.2) is 24.8 Å². The summed E-state index contributed by atoms with van der Waals surface area (Å²) < 4.78 is 0.